The van der Waals surface area contributed by atoms with E-state index in [0.717, 1.165) is 22.8 Å². The van der Waals surface area contributed by atoms with Crippen molar-refractivity contribution in [3.8, 4) is 0 Å². The average Bonchev–Trinajstić information content (AvgIpc) is 2.40. The molecule has 0 N–H and O–H groups in total. The molecule has 0 amide bonds. The Kier molecular flexibility index (Phi) is 2.77. The van der Waals surface area contributed by atoms with Crippen LogP contribution in [0.2, 0.25) is 0 Å². The highest BCUT2D eigenvalue weighted by Crippen LogP contribution is 2.44. The lowest BCUT2D eigenvalue weighted by Gasteiger charge is -2.38. The van der Waals surface area contributed by atoms with Crippen molar-refractivity contribution in [3.63, 3.8) is 0 Å². The topological polar surface area (TPSA) is 29.0 Å². The Bertz CT molecular complexity index is 411. The summed E-state index contributed by atoms with van der Waals surface area (Å²) in [6, 6.07) is 0.707. The first-order valence-corrected chi connectivity index (χ1v) is 6.37. The predicted octanol–water partition coefficient (Wildman–Crippen LogP) is 3.33. The lowest BCUT2D eigenvalue weighted by Crippen LogP contribution is -2.40. The third kappa shape index (κ3) is 1.86. The number of aromatic nitrogens is 2. The van der Waals surface area contributed by atoms with E-state index in [9.17, 15) is 0 Å². The fraction of sp³-hybridized carbons (Fsp3) is 0.714. The van der Waals surface area contributed by atoms with Crippen LogP contribution in [-0.2, 0) is 0 Å². The fourth-order valence-electron chi connectivity index (χ4n) is 3.01. The molecule has 2 unspecified atom stereocenters. The van der Waals surface area contributed by atoms with E-state index in [1.54, 1.807) is 0 Å². The van der Waals surface area contributed by atoms with Crippen LogP contribution in [0.25, 0.3) is 0 Å². The van der Waals surface area contributed by atoms with Gasteiger partial charge in [-0.3, -0.25) is 14.9 Å². The summed E-state index contributed by atoms with van der Waals surface area (Å²) < 4.78 is 0. The van der Waals surface area contributed by atoms with Crippen molar-refractivity contribution < 1.29 is 0 Å². The summed E-state index contributed by atoms with van der Waals surface area (Å²) >= 11 is 0. The zero-order chi connectivity index (χ0) is 13.0. The summed E-state index contributed by atoms with van der Waals surface area (Å²) in [4.78, 5) is 12.0. The van der Waals surface area contributed by atoms with E-state index in [2.05, 4.69) is 39.5 Å². The zero-order valence-corrected chi connectivity index (χ0v) is 12.0. The molecule has 0 radical (unpaired) electrons. The van der Waals surface area contributed by atoms with Crippen LogP contribution in [0, 0.1) is 13.8 Å². The molecule has 2 rings (SSSR count). The van der Waals surface area contributed by atoms with Crippen LogP contribution < -0.4 is 0 Å². The van der Waals surface area contributed by atoms with Crippen LogP contribution in [0.3, 0.4) is 0 Å². The van der Waals surface area contributed by atoms with Gasteiger partial charge in [-0.1, -0.05) is 0 Å². The van der Waals surface area contributed by atoms with Gasteiger partial charge in [-0.05, 0) is 48.5 Å². The second-order valence-corrected chi connectivity index (χ2v) is 6.09. The van der Waals surface area contributed by atoms with Gasteiger partial charge in [0.05, 0.1) is 34.9 Å². The van der Waals surface area contributed by atoms with Crippen molar-refractivity contribution in [1.29, 1.82) is 0 Å². The molecule has 1 aromatic rings. The highest BCUT2D eigenvalue weighted by molar-refractivity contribution is 5.29. The van der Waals surface area contributed by atoms with Crippen LogP contribution in [0.4, 0.5) is 0 Å². The molecule has 0 bridgehead atoms. The normalized spacial score (nSPS) is 25.1. The zero-order valence-electron chi connectivity index (χ0n) is 12.0. The molecule has 0 saturated carbocycles. The lowest BCUT2D eigenvalue weighted by atomic mass is 10.0. The number of nitrogens with zero attached hydrogens (tertiary/aromatic N) is 3. The van der Waals surface area contributed by atoms with Gasteiger partial charge in [-0.2, -0.15) is 0 Å². The molecule has 0 fully saturated rings. The summed E-state index contributed by atoms with van der Waals surface area (Å²) in [5.41, 5.74) is 4.58. The van der Waals surface area contributed by atoms with Gasteiger partial charge in [0.15, 0.2) is 0 Å². The minimum atomic E-state index is 0.142. The maximum atomic E-state index is 4.74. The maximum absolute atomic E-state index is 4.74. The van der Waals surface area contributed by atoms with Gasteiger partial charge in [0.1, 0.15) is 0 Å². The monoisotopic (exact) mass is 233 g/mol. The number of fused-ring (bicyclic) bond motifs is 1. The highest BCUT2D eigenvalue weighted by atomic mass is 15.3. The fourth-order valence-corrected chi connectivity index (χ4v) is 3.01. The van der Waals surface area contributed by atoms with Crippen LogP contribution >= 0.6 is 0 Å². The van der Waals surface area contributed by atoms with E-state index in [4.69, 9.17) is 9.97 Å². The van der Waals surface area contributed by atoms with E-state index in [0.29, 0.717) is 12.1 Å². The molecule has 94 valence electrons. The van der Waals surface area contributed by atoms with Crippen LogP contribution in [0.5, 0.6) is 0 Å². The lowest BCUT2D eigenvalue weighted by molar-refractivity contribution is 0.0654. The predicted molar refractivity (Wildman–Crippen MR) is 69.9 cm³/mol. The Hall–Kier alpha value is -0.960. The molecule has 1 aromatic heterocycles. The molecule has 0 saturated heterocycles. The molecule has 2 atom stereocenters. The first-order chi connectivity index (χ1) is 7.73. The molecular formula is C14H23N3. The summed E-state index contributed by atoms with van der Waals surface area (Å²) in [5, 5.41) is 0. The van der Waals surface area contributed by atoms with E-state index >= 15 is 0 Å². The smallest absolute Gasteiger partial charge is 0.0807 e. The molecule has 3 heteroatoms. The van der Waals surface area contributed by atoms with Crippen molar-refractivity contribution in [2.75, 3.05) is 0 Å². The number of hydrogen-bond acceptors (Lipinski definition) is 3. The van der Waals surface area contributed by atoms with Crippen LogP contribution in [0.1, 0.15) is 69.5 Å². The Morgan fingerprint density at radius 2 is 1.24 bits per heavy atom. The third-order valence-corrected chi connectivity index (χ3v) is 3.76. The Labute approximate surface area is 104 Å². The largest absolute Gasteiger partial charge is 0.282 e. The molecule has 1 aliphatic rings. The Morgan fingerprint density at radius 1 is 0.882 bits per heavy atom. The van der Waals surface area contributed by atoms with Crippen LogP contribution in [0.15, 0.2) is 0 Å². The van der Waals surface area contributed by atoms with Gasteiger partial charge in [-0.25, -0.2) is 0 Å². The highest BCUT2D eigenvalue weighted by Gasteiger charge is 2.41. The molecule has 17 heavy (non-hydrogen) atoms. The molecule has 0 spiro atoms. The summed E-state index contributed by atoms with van der Waals surface area (Å²) in [7, 11) is 0. The summed E-state index contributed by atoms with van der Waals surface area (Å²) in [6.45, 7) is 15.3. The van der Waals surface area contributed by atoms with Crippen molar-refractivity contribution in [2.45, 2.75) is 66.1 Å². The minimum Gasteiger partial charge on any atom is -0.282 e. The van der Waals surface area contributed by atoms with Crippen molar-refractivity contribution >= 4 is 0 Å². The molecule has 0 aliphatic carbocycles. The second-order valence-electron chi connectivity index (χ2n) is 6.09. The maximum Gasteiger partial charge on any atom is 0.0807 e. The van der Waals surface area contributed by atoms with Crippen LogP contribution in [-0.4, -0.2) is 20.4 Å². The first kappa shape index (κ1) is 12.5. The van der Waals surface area contributed by atoms with Crippen molar-refractivity contribution in [3.05, 3.63) is 22.8 Å². The van der Waals surface area contributed by atoms with E-state index in [1.807, 2.05) is 13.8 Å². The third-order valence-electron chi connectivity index (χ3n) is 3.76. The number of rotatable bonds is 0. The molecule has 0 aromatic carbocycles. The van der Waals surface area contributed by atoms with E-state index in [1.165, 1.54) is 0 Å². The minimum absolute atomic E-state index is 0.142. The van der Waals surface area contributed by atoms with Gasteiger partial charge < -0.3 is 0 Å². The van der Waals surface area contributed by atoms with Gasteiger partial charge >= 0.3 is 0 Å². The molecule has 1 aliphatic heterocycles. The Morgan fingerprint density at radius 3 is 1.53 bits per heavy atom. The SMILES string of the molecule is Cc1nc2c(nc1C)C(C)N(C(C)(C)C)C2C. The number of hydrogen-bond donors (Lipinski definition) is 0. The van der Waals surface area contributed by atoms with Gasteiger partial charge in [0.2, 0.25) is 0 Å². The van der Waals surface area contributed by atoms with E-state index < -0.39 is 0 Å². The summed E-state index contributed by atoms with van der Waals surface area (Å²) in [5.74, 6) is 0. The first-order valence-electron chi connectivity index (χ1n) is 6.37. The molecular weight excluding hydrogens is 210 g/mol. The van der Waals surface area contributed by atoms with Crippen molar-refractivity contribution in [1.82, 2.24) is 14.9 Å². The number of aryl methyl sites for hydroxylation is 2. The van der Waals surface area contributed by atoms with Gasteiger partial charge in [0.25, 0.3) is 0 Å². The second kappa shape index (κ2) is 3.77. The quantitative estimate of drug-likeness (QED) is 0.688. The van der Waals surface area contributed by atoms with Gasteiger partial charge in [0, 0.05) is 5.54 Å². The Balaban J connectivity index is 2.53. The van der Waals surface area contributed by atoms with Crippen molar-refractivity contribution in [2.24, 2.45) is 0 Å². The van der Waals surface area contributed by atoms with Gasteiger partial charge in [-0.15, -0.1) is 0 Å². The summed E-state index contributed by atoms with van der Waals surface area (Å²) in [6.07, 6.45) is 0. The molecule has 3 nitrogen and oxygen atoms in total. The standard InChI is InChI=1S/C14H23N3/c1-8-9(2)16-13-11(4)17(14(5,6)7)10(3)12(13)15-8/h10-11H,1-7H3. The molecule has 2 heterocycles. The average molecular weight is 233 g/mol. The van der Waals surface area contributed by atoms with E-state index in [-0.39, 0.29) is 5.54 Å².